The number of carbonyl (C=O) groups excluding carboxylic acids is 1. The highest BCUT2D eigenvalue weighted by molar-refractivity contribution is 7.19. The van der Waals surface area contributed by atoms with E-state index in [-0.39, 0.29) is 6.10 Å². The number of hydrogen-bond acceptors (Lipinski definition) is 7. The maximum Gasteiger partial charge on any atom is 0.261 e. The molecule has 0 bridgehead atoms. The third kappa shape index (κ3) is 3.78. The maximum atomic E-state index is 11.5. The van der Waals surface area contributed by atoms with Gasteiger partial charge >= 0.3 is 0 Å². The first-order chi connectivity index (χ1) is 9.88. The normalized spacial score (nSPS) is 17.1. The number of thiophene rings is 1. The number of primary amides is 1. The summed E-state index contributed by atoms with van der Waals surface area (Å²) in [6.07, 6.45) is -0.0318. The second kappa shape index (κ2) is 6.50. The van der Waals surface area contributed by atoms with Crippen molar-refractivity contribution >= 4 is 27.9 Å². The number of ether oxygens (including phenoxy) is 1. The van der Waals surface area contributed by atoms with Gasteiger partial charge < -0.3 is 26.5 Å². The minimum atomic E-state index is -0.530. The van der Waals surface area contributed by atoms with Gasteiger partial charge in [-0.15, -0.1) is 11.3 Å². The number of anilines is 2. The van der Waals surface area contributed by atoms with Crippen LogP contribution in [0.15, 0.2) is 0 Å². The molecule has 1 aromatic rings. The first-order valence-electron chi connectivity index (χ1n) is 6.97. The molecule has 0 unspecified atom stereocenters. The van der Waals surface area contributed by atoms with Crippen LogP contribution < -0.4 is 21.6 Å². The average molecular weight is 313 g/mol. The van der Waals surface area contributed by atoms with Crippen LogP contribution in [0.5, 0.6) is 5.75 Å². The molecule has 1 amide bonds. The van der Waals surface area contributed by atoms with E-state index >= 15 is 0 Å². The zero-order valence-electron chi connectivity index (χ0n) is 12.7. The summed E-state index contributed by atoms with van der Waals surface area (Å²) in [5.41, 5.74) is 15.0. The van der Waals surface area contributed by atoms with Crippen molar-refractivity contribution in [3.8, 4) is 5.75 Å². The van der Waals surface area contributed by atoms with Crippen molar-refractivity contribution in [2.45, 2.75) is 20.0 Å². The van der Waals surface area contributed by atoms with E-state index in [0.717, 1.165) is 31.2 Å². The number of nitrogen functional groups attached to an aromatic ring is 1. The lowest BCUT2D eigenvalue weighted by Crippen LogP contribution is -2.46. The Morgan fingerprint density at radius 1 is 1.33 bits per heavy atom. The molecule has 0 spiro atoms. The lowest BCUT2D eigenvalue weighted by Gasteiger charge is -2.32. The number of piperazine rings is 1. The van der Waals surface area contributed by atoms with Crippen LogP contribution in [-0.2, 0) is 0 Å². The number of amides is 1. The summed E-state index contributed by atoms with van der Waals surface area (Å²) in [5, 5.41) is 2.84. The first kappa shape index (κ1) is 15.9. The Morgan fingerprint density at radius 2 is 1.95 bits per heavy atom. The molecule has 0 radical (unpaired) electrons. The van der Waals surface area contributed by atoms with Gasteiger partial charge in [-0.2, -0.15) is 0 Å². The Bertz CT molecular complexity index is 509. The molecule has 1 aliphatic rings. The van der Waals surface area contributed by atoms with Crippen molar-refractivity contribution in [1.82, 2.24) is 9.91 Å². The van der Waals surface area contributed by atoms with E-state index in [1.807, 2.05) is 13.8 Å². The molecule has 5 N–H and O–H groups in total. The molecule has 1 saturated heterocycles. The van der Waals surface area contributed by atoms with Crippen molar-refractivity contribution in [3.05, 3.63) is 4.88 Å². The summed E-state index contributed by atoms with van der Waals surface area (Å²) >= 11 is 1.24. The molecule has 2 heterocycles. The van der Waals surface area contributed by atoms with E-state index in [4.69, 9.17) is 16.2 Å². The predicted octanol–water partition coefficient (Wildman–Crippen LogP) is 0.791. The molecule has 8 heteroatoms. The van der Waals surface area contributed by atoms with Gasteiger partial charge in [0.2, 0.25) is 0 Å². The van der Waals surface area contributed by atoms with Crippen LogP contribution in [0, 0.1) is 0 Å². The SMILES string of the molecule is CC(C)Oc1c(NN2CCN(C)CC2)sc(C(N)=O)c1N. The smallest absolute Gasteiger partial charge is 0.261 e. The molecular weight excluding hydrogens is 290 g/mol. The number of nitrogens with one attached hydrogen (secondary N) is 1. The molecular formula is C13H23N5O2S. The van der Waals surface area contributed by atoms with E-state index in [1.165, 1.54) is 11.3 Å². The quantitative estimate of drug-likeness (QED) is 0.744. The van der Waals surface area contributed by atoms with E-state index in [9.17, 15) is 4.79 Å². The second-order valence-electron chi connectivity index (χ2n) is 5.44. The summed E-state index contributed by atoms with van der Waals surface area (Å²) in [7, 11) is 2.10. The Balaban J connectivity index is 2.20. The zero-order valence-corrected chi connectivity index (χ0v) is 13.5. The molecule has 21 heavy (non-hydrogen) atoms. The standard InChI is InChI=1S/C13H23N5O2S/c1-8(2)20-10-9(14)11(12(15)19)21-13(10)16-18-6-4-17(3)5-7-18/h8,16H,4-7,14H2,1-3H3,(H2,15,19). The van der Waals surface area contributed by atoms with Gasteiger partial charge in [0.1, 0.15) is 15.6 Å². The number of nitrogens with two attached hydrogens (primary N) is 2. The van der Waals surface area contributed by atoms with Gasteiger partial charge in [-0.05, 0) is 20.9 Å². The van der Waals surface area contributed by atoms with Crippen LogP contribution in [0.1, 0.15) is 23.5 Å². The molecule has 2 rings (SSSR count). The minimum absolute atomic E-state index is 0.0318. The fourth-order valence-corrected chi connectivity index (χ4v) is 3.03. The third-order valence-corrected chi connectivity index (χ3v) is 4.35. The lowest BCUT2D eigenvalue weighted by molar-refractivity contribution is 0.100. The van der Waals surface area contributed by atoms with Gasteiger partial charge in [0.25, 0.3) is 5.91 Å². The molecule has 0 aromatic carbocycles. The van der Waals surface area contributed by atoms with Crippen molar-refractivity contribution in [2.75, 3.05) is 44.4 Å². The number of hydrazine groups is 1. The van der Waals surface area contributed by atoms with Crippen LogP contribution >= 0.6 is 11.3 Å². The highest BCUT2D eigenvalue weighted by Crippen LogP contribution is 2.43. The zero-order chi connectivity index (χ0) is 15.6. The highest BCUT2D eigenvalue weighted by Gasteiger charge is 2.24. The summed E-state index contributed by atoms with van der Waals surface area (Å²) in [6, 6.07) is 0. The average Bonchev–Trinajstić information content (AvgIpc) is 2.70. The predicted molar refractivity (Wildman–Crippen MR) is 85.7 cm³/mol. The number of nitrogens with zero attached hydrogens (tertiary/aromatic N) is 2. The van der Waals surface area contributed by atoms with Gasteiger partial charge in [-0.25, -0.2) is 5.01 Å². The lowest BCUT2D eigenvalue weighted by atomic mass is 10.3. The van der Waals surface area contributed by atoms with Crippen molar-refractivity contribution in [1.29, 1.82) is 0 Å². The third-order valence-electron chi connectivity index (χ3n) is 3.24. The largest absolute Gasteiger partial charge is 0.486 e. The van der Waals surface area contributed by atoms with Crippen LogP contribution in [0.2, 0.25) is 0 Å². The Hall–Kier alpha value is -1.51. The summed E-state index contributed by atoms with van der Waals surface area (Å²) in [6.45, 7) is 7.58. The summed E-state index contributed by atoms with van der Waals surface area (Å²) < 4.78 is 5.75. The molecule has 0 aliphatic carbocycles. The minimum Gasteiger partial charge on any atom is -0.486 e. The Morgan fingerprint density at radius 3 is 2.48 bits per heavy atom. The Labute approximate surface area is 128 Å². The van der Waals surface area contributed by atoms with Crippen molar-refractivity contribution in [2.24, 2.45) is 5.73 Å². The van der Waals surface area contributed by atoms with Crippen molar-refractivity contribution < 1.29 is 9.53 Å². The number of rotatable bonds is 5. The maximum absolute atomic E-state index is 11.5. The molecule has 1 aromatic heterocycles. The molecule has 7 nitrogen and oxygen atoms in total. The van der Waals surface area contributed by atoms with E-state index in [1.54, 1.807) is 0 Å². The number of hydrogen-bond donors (Lipinski definition) is 3. The van der Waals surface area contributed by atoms with Gasteiger partial charge in [0, 0.05) is 26.2 Å². The van der Waals surface area contributed by atoms with Crippen LogP contribution in [-0.4, -0.2) is 55.1 Å². The molecule has 1 fully saturated rings. The summed E-state index contributed by atoms with van der Waals surface area (Å²) in [5.74, 6) is -0.0136. The number of carbonyl (C=O) groups is 1. The van der Waals surface area contributed by atoms with Gasteiger partial charge in [-0.1, -0.05) is 0 Å². The topological polar surface area (TPSA) is 96.9 Å². The summed E-state index contributed by atoms with van der Waals surface area (Å²) in [4.78, 5) is 14.1. The molecule has 118 valence electrons. The van der Waals surface area contributed by atoms with Crippen molar-refractivity contribution in [3.63, 3.8) is 0 Å². The van der Waals surface area contributed by atoms with E-state index in [2.05, 4.69) is 22.4 Å². The number of likely N-dealkylation sites (N-methyl/N-ethyl adjacent to an activating group) is 1. The first-order valence-corrected chi connectivity index (χ1v) is 7.79. The van der Waals surface area contributed by atoms with Crippen LogP contribution in [0.3, 0.4) is 0 Å². The van der Waals surface area contributed by atoms with E-state index < -0.39 is 5.91 Å². The van der Waals surface area contributed by atoms with Gasteiger partial charge in [-0.3, -0.25) is 4.79 Å². The fourth-order valence-electron chi connectivity index (χ4n) is 2.10. The van der Waals surface area contributed by atoms with Crippen LogP contribution in [0.25, 0.3) is 0 Å². The second-order valence-corrected chi connectivity index (χ2v) is 6.46. The van der Waals surface area contributed by atoms with Crippen LogP contribution in [0.4, 0.5) is 10.7 Å². The Kier molecular flexibility index (Phi) is 4.92. The van der Waals surface area contributed by atoms with E-state index in [0.29, 0.717) is 16.3 Å². The molecule has 0 saturated carbocycles. The van der Waals surface area contributed by atoms with Gasteiger partial charge in [0.15, 0.2) is 5.75 Å². The fraction of sp³-hybridized carbons (Fsp3) is 0.615. The monoisotopic (exact) mass is 313 g/mol. The highest BCUT2D eigenvalue weighted by atomic mass is 32.1. The molecule has 0 atom stereocenters. The molecule has 1 aliphatic heterocycles. The van der Waals surface area contributed by atoms with Gasteiger partial charge in [0.05, 0.1) is 6.10 Å².